The molecule has 0 fully saturated rings. The number of alkyl carbamates (subject to hydrolysis) is 1. The van der Waals surface area contributed by atoms with E-state index < -0.39 is 21.7 Å². The van der Waals surface area contributed by atoms with Crippen LogP contribution in [0.1, 0.15) is 26.6 Å². The van der Waals surface area contributed by atoms with Gasteiger partial charge in [0.05, 0.1) is 13.2 Å². The van der Waals surface area contributed by atoms with Gasteiger partial charge in [-0.15, -0.1) is 0 Å². The van der Waals surface area contributed by atoms with Gasteiger partial charge in [0.2, 0.25) is 0 Å². The number of nitrogens with one attached hydrogen (secondary N) is 1. The number of nitrogens with zero attached hydrogens (tertiary/aromatic N) is 2. The molecule has 1 heterocycles. The summed E-state index contributed by atoms with van der Waals surface area (Å²) in [5.41, 5.74) is -0.502. The Hall–Kier alpha value is -1.21. The highest BCUT2D eigenvalue weighted by Crippen LogP contribution is 2.33. The number of imidazole rings is 1. The SMILES string of the molecule is CC(C)(C)OC(=O)NCc1nccn1COCCS(C)(C)C. The lowest BCUT2D eigenvalue weighted by Gasteiger charge is -2.24. The molecule has 6 nitrogen and oxygen atoms in total. The fourth-order valence-electron chi connectivity index (χ4n) is 1.56. The number of hydrogen-bond donors (Lipinski definition) is 1. The van der Waals surface area contributed by atoms with Crippen molar-refractivity contribution in [3.8, 4) is 0 Å². The molecular formula is C15H29N3O3S. The largest absolute Gasteiger partial charge is 0.444 e. The molecule has 1 amide bonds. The van der Waals surface area contributed by atoms with Gasteiger partial charge in [0, 0.05) is 18.1 Å². The Labute approximate surface area is 134 Å². The van der Waals surface area contributed by atoms with Crippen LogP contribution >= 0.6 is 10.0 Å². The zero-order valence-corrected chi connectivity index (χ0v) is 15.3. The van der Waals surface area contributed by atoms with Gasteiger partial charge < -0.3 is 19.4 Å². The molecule has 0 bridgehead atoms. The van der Waals surface area contributed by atoms with Crippen LogP contribution in [0.2, 0.25) is 0 Å². The molecule has 0 aromatic carbocycles. The number of carbonyl (C=O) groups excluding carboxylic acids is 1. The molecular weight excluding hydrogens is 302 g/mol. The monoisotopic (exact) mass is 331 g/mol. The summed E-state index contributed by atoms with van der Waals surface area (Å²) < 4.78 is 12.8. The lowest BCUT2D eigenvalue weighted by molar-refractivity contribution is 0.0516. The molecule has 0 atom stereocenters. The Kier molecular flexibility index (Phi) is 6.74. The number of hydrogen-bond acceptors (Lipinski definition) is 4. The maximum atomic E-state index is 11.6. The second-order valence-electron chi connectivity index (χ2n) is 7.00. The van der Waals surface area contributed by atoms with Gasteiger partial charge in [-0.2, -0.15) is 0 Å². The number of ether oxygens (including phenoxy) is 2. The zero-order valence-electron chi connectivity index (χ0n) is 14.5. The van der Waals surface area contributed by atoms with Gasteiger partial charge in [-0.1, -0.05) is 0 Å². The van der Waals surface area contributed by atoms with Crippen LogP contribution in [-0.2, 0) is 22.7 Å². The molecule has 0 aliphatic carbocycles. The van der Waals surface area contributed by atoms with Crippen molar-refractivity contribution in [2.24, 2.45) is 0 Å². The summed E-state index contributed by atoms with van der Waals surface area (Å²) in [6.07, 6.45) is 9.90. The molecule has 1 aromatic rings. The maximum Gasteiger partial charge on any atom is 0.408 e. The predicted octanol–water partition coefficient (Wildman–Crippen LogP) is 2.58. The molecule has 0 spiro atoms. The summed E-state index contributed by atoms with van der Waals surface area (Å²) in [5, 5.41) is 2.70. The van der Waals surface area contributed by atoms with E-state index >= 15 is 0 Å². The molecule has 0 unspecified atom stereocenters. The highest BCUT2D eigenvalue weighted by Gasteiger charge is 2.16. The van der Waals surface area contributed by atoms with Gasteiger partial charge in [0.1, 0.15) is 18.2 Å². The zero-order chi connectivity index (χ0) is 16.8. The van der Waals surface area contributed by atoms with Crippen molar-refractivity contribution in [3.05, 3.63) is 18.2 Å². The van der Waals surface area contributed by atoms with E-state index in [0.29, 0.717) is 13.3 Å². The highest BCUT2D eigenvalue weighted by molar-refractivity contribution is 8.32. The summed E-state index contributed by atoms with van der Waals surface area (Å²) in [6, 6.07) is 0. The van der Waals surface area contributed by atoms with E-state index in [4.69, 9.17) is 9.47 Å². The first-order chi connectivity index (χ1) is 10.1. The Morgan fingerprint density at radius 1 is 1.36 bits per heavy atom. The summed E-state index contributed by atoms with van der Waals surface area (Å²) >= 11 is 0. The Morgan fingerprint density at radius 2 is 2.05 bits per heavy atom. The van der Waals surface area contributed by atoms with Gasteiger partial charge in [-0.3, -0.25) is 0 Å². The first-order valence-corrected chi connectivity index (χ1v) is 10.3. The van der Waals surface area contributed by atoms with E-state index in [0.717, 1.165) is 18.2 Å². The quantitative estimate of drug-likeness (QED) is 0.780. The van der Waals surface area contributed by atoms with E-state index in [-0.39, 0.29) is 0 Å². The first-order valence-electron chi connectivity index (χ1n) is 7.27. The minimum atomic E-state index is -0.538. The third-order valence-corrected chi connectivity index (χ3v) is 4.05. The normalized spacial score (nSPS) is 13.0. The Bertz CT molecular complexity index is 475. The van der Waals surface area contributed by atoms with Gasteiger partial charge in [0.25, 0.3) is 0 Å². The lowest BCUT2D eigenvalue weighted by Crippen LogP contribution is -2.32. The summed E-state index contributed by atoms with van der Waals surface area (Å²) in [4.78, 5) is 15.9. The average Bonchev–Trinajstić information content (AvgIpc) is 2.76. The molecule has 0 aliphatic heterocycles. The van der Waals surface area contributed by atoms with Crippen LogP contribution in [0.25, 0.3) is 0 Å². The minimum Gasteiger partial charge on any atom is -0.444 e. The van der Waals surface area contributed by atoms with Crippen LogP contribution in [-0.4, -0.2) is 52.4 Å². The Balaban J connectivity index is 2.37. The van der Waals surface area contributed by atoms with Crippen molar-refractivity contribution in [1.29, 1.82) is 0 Å². The molecule has 0 aliphatic rings. The van der Waals surface area contributed by atoms with Crippen LogP contribution in [0.4, 0.5) is 4.79 Å². The molecule has 7 heteroatoms. The lowest BCUT2D eigenvalue weighted by atomic mass is 10.2. The third-order valence-electron chi connectivity index (χ3n) is 2.66. The second kappa shape index (κ2) is 7.87. The van der Waals surface area contributed by atoms with E-state index in [9.17, 15) is 4.79 Å². The van der Waals surface area contributed by atoms with Gasteiger partial charge in [-0.25, -0.2) is 19.8 Å². The molecule has 0 saturated carbocycles. The van der Waals surface area contributed by atoms with Gasteiger partial charge >= 0.3 is 6.09 Å². The van der Waals surface area contributed by atoms with E-state index in [1.54, 1.807) is 6.20 Å². The molecule has 0 saturated heterocycles. The molecule has 1 rings (SSSR count). The number of carbonyl (C=O) groups is 1. The summed E-state index contributed by atoms with van der Waals surface area (Å²) in [6.45, 7) is 6.99. The van der Waals surface area contributed by atoms with Crippen LogP contribution < -0.4 is 5.32 Å². The van der Waals surface area contributed by atoms with Crippen molar-refractivity contribution in [1.82, 2.24) is 14.9 Å². The summed E-state index contributed by atoms with van der Waals surface area (Å²) in [7, 11) is -0.538. The van der Waals surface area contributed by atoms with Crippen LogP contribution in [0.15, 0.2) is 12.4 Å². The van der Waals surface area contributed by atoms with Crippen molar-refractivity contribution in [2.45, 2.75) is 39.6 Å². The van der Waals surface area contributed by atoms with E-state index in [1.807, 2.05) is 31.5 Å². The number of rotatable bonds is 7. The third kappa shape index (κ3) is 8.29. The van der Waals surface area contributed by atoms with Crippen LogP contribution in [0, 0.1) is 0 Å². The van der Waals surface area contributed by atoms with Crippen LogP contribution in [0.3, 0.4) is 0 Å². The topological polar surface area (TPSA) is 65.4 Å². The highest BCUT2D eigenvalue weighted by atomic mass is 32.3. The van der Waals surface area contributed by atoms with Gasteiger partial charge in [0.15, 0.2) is 0 Å². The Morgan fingerprint density at radius 3 is 2.64 bits per heavy atom. The molecule has 128 valence electrons. The fraction of sp³-hybridized carbons (Fsp3) is 0.733. The van der Waals surface area contributed by atoms with Crippen molar-refractivity contribution in [3.63, 3.8) is 0 Å². The molecule has 1 N–H and O–H groups in total. The second-order valence-corrected chi connectivity index (χ2v) is 11.6. The van der Waals surface area contributed by atoms with Crippen molar-refractivity contribution >= 4 is 16.1 Å². The van der Waals surface area contributed by atoms with E-state index in [1.165, 1.54) is 0 Å². The average molecular weight is 331 g/mol. The van der Waals surface area contributed by atoms with E-state index in [2.05, 4.69) is 29.1 Å². The maximum absolute atomic E-state index is 11.6. The fourth-order valence-corrected chi connectivity index (χ4v) is 2.18. The first kappa shape index (κ1) is 18.8. The number of amides is 1. The smallest absolute Gasteiger partial charge is 0.408 e. The standard InChI is InChI=1S/C15H29N3O3S/c1-15(2,3)21-14(19)17-11-13-16-7-8-18(13)12-20-9-10-22(4,5)6/h7-8H,9-12H2,1-6H3,(H,17,19). The molecule has 0 radical (unpaired) electrons. The summed E-state index contributed by atoms with van der Waals surface area (Å²) in [5.74, 6) is 1.82. The van der Waals surface area contributed by atoms with Crippen molar-refractivity contribution in [2.75, 3.05) is 31.1 Å². The predicted molar refractivity (Wildman–Crippen MR) is 91.5 cm³/mol. The molecule has 1 aromatic heterocycles. The minimum absolute atomic E-state index is 0.315. The van der Waals surface area contributed by atoms with Gasteiger partial charge in [-0.05, 0) is 39.5 Å². The van der Waals surface area contributed by atoms with Crippen molar-refractivity contribution < 1.29 is 14.3 Å². The van der Waals surface area contributed by atoms with Crippen LogP contribution in [0.5, 0.6) is 0 Å². The molecule has 22 heavy (non-hydrogen) atoms. The number of aromatic nitrogens is 2.